The summed E-state index contributed by atoms with van der Waals surface area (Å²) < 4.78 is 28.2. The van der Waals surface area contributed by atoms with Crippen molar-refractivity contribution in [3.63, 3.8) is 0 Å². The van der Waals surface area contributed by atoms with Crippen LogP contribution in [0.4, 0.5) is 0 Å². The van der Waals surface area contributed by atoms with Gasteiger partial charge in [-0.1, -0.05) is 42.5 Å². The van der Waals surface area contributed by atoms with Crippen molar-refractivity contribution in [2.24, 2.45) is 0 Å². The lowest BCUT2D eigenvalue weighted by molar-refractivity contribution is 0.0745. The number of aromatic nitrogens is 2. The van der Waals surface area contributed by atoms with Crippen molar-refractivity contribution in [1.82, 2.24) is 15.1 Å². The van der Waals surface area contributed by atoms with Crippen molar-refractivity contribution >= 4 is 5.91 Å². The molecule has 1 N–H and O–H groups in total. The number of ether oxygens (including phenoxy) is 5. The second-order valence-electron chi connectivity index (χ2n) is 10.6. The van der Waals surface area contributed by atoms with Crippen molar-refractivity contribution in [2.45, 2.75) is 19.1 Å². The fraction of sp³-hybridized carbons (Fsp3) is 0.222. The Balaban J connectivity index is 1.36. The zero-order chi connectivity index (χ0) is 31.3. The molecule has 1 aliphatic heterocycles. The summed E-state index contributed by atoms with van der Waals surface area (Å²) in [5.41, 5.74) is 5.84. The van der Waals surface area contributed by atoms with Gasteiger partial charge in [-0.25, -0.2) is 0 Å². The zero-order valence-electron chi connectivity index (χ0n) is 25.7. The van der Waals surface area contributed by atoms with Crippen LogP contribution in [-0.4, -0.2) is 56.0 Å². The third-order valence-corrected chi connectivity index (χ3v) is 8.06. The van der Waals surface area contributed by atoms with Gasteiger partial charge in [0.2, 0.25) is 0 Å². The monoisotopic (exact) mass is 605 g/mol. The van der Waals surface area contributed by atoms with E-state index in [2.05, 4.69) is 10.2 Å². The number of nitrogens with zero attached hydrogens (tertiary/aromatic N) is 2. The Morgan fingerprint density at radius 2 is 1.44 bits per heavy atom. The Labute approximate surface area is 262 Å². The molecule has 2 heterocycles. The van der Waals surface area contributed by atoms with Gasteiger partial charge < -0.3 is 28.6 Å². The van der Waals surface area contributed by atoms with Gasteiger partial charge in [0, 0.05) is 17.7 Å². The smallest absolute Gasteiger partial charge is 0.273 e. The molecule has 6 rings (SSSR count). The van der Waals surface area contributed by atoms with Crippen molar-refractivity contribution in [3.8, 4) is 40.0 Å². The first-order chi connectivity index (χ1) is 22.0. The van der Waals surface area contributed by atoms with Crippen LogP contribution in [0.3, 0.4) is 0 Å². The predicted molar refractivity (Wildman–Crippen MR) is 170 cm³/mol. The normalized spacial score (nSPS) is 13.8. The minimum absolute atomic E-state index is 0.119. The second-order valence-corrected chi connectivity index (χ2v) is 10.6. The van der Waals surface area contributed by atoms with E-state index in [4.69, 9.17) is 23.7 Å². The topological polar surface area (TPSA) is 95.1 Å². The van der Waals surface area contributed by atoms with E-state index in [1.165, 1.54) is 0 Å². The minimum Gasteiger partial charge on any atom is -0.497 e. The lowest BCUT2D eigenvalue weighted by atomic mass is 9.95. The fourth-order valence-electron chi connectivity index (χ4n) is 5.74. The van der Waals surface area contributed by atoms with Gasteiger partial charge in [0.1, 0.15) is 18.1 Å². The number of nitrogens with one attached hydrogen (secondary N) is 1. The van der Waals surface area contributed by atoms with E-state index in [9.17, 15) is 4.79 Å². The number of carbonyl (C=O) groups excluding carboxylic acids is 1. The summed E-state index contributed by atoms with van der Waals surface area (Å²) in [7, 11) is 6.48. The highest BCUT2D eigenvalue weighted by atomic mass is 16.5. The molecule has 45 heavy (non-hydrogen) atoms. The van der Waals surface area contributed by atoms with Crippen molar-refractivity contribution < 1.29 is 28.5 Å². The Morgan fingerprint density at radius 1 is 0.733 bits per heavy atom. The Hall–Kier alpha value is -5.44. The predicted octanol–water partition coefficient (Wildman–Crippen LogP) is 6.48. The van der Waals surface area contributed by atoms with E-state index < -0.39 is 6.04 Å². The summed E-state index contributed by atoms with van der Waals surface area (Å²) >= 11 is 0. The number of amides is 1. The molecule has 0 fully saturated rings. The highest BCUT2D eigenvalue weighted by Gasteiger charge is 2.42. The number of benzene rings is 4. The van der Waals surface area contributed by atoms with E-state index >= 15 is 0 Å². The van der Waals surface area contributed by atoms with Gasteiger partial charge in [-0.05, 0) is 71.6 Å². The standard InChI is InChI=1S/C36H35N3O6/c1-41-27-14-11-25(12-15-27)33-32-34(38-37-33)36(40)39(19-18-23-10-16-28(42-2)30(20-23)43-3)35(32)26-13-17-29(31(21-26)44-4)45-22-24-8-6-5-7-9-24/h5-17,20-21,35H,18-19,22H2,1-4H3,(H,37,38). The van der Waals surface area contributed by atoms with Crippen LogP contribution >= 0.6 is 0 Å². The molecule has 0 bridgehead atoms. The summed E-state index contributed by atoms with van der Waals surface area (Å²) in [5.74, 6) is 3.12. The molecule has 1 aromatic heterocycles. The highest BCUT2D eigenvalue weighted by Crippen LogP contribution is 2.45. The first-order valence-electron chi connectivity index (χ1n) is 14.6. The van der Waals surface area contributed by atoms with Crippen LogP contribution in [0.5, 0.6) is 28.7 Å². The maximum atomic E-state index is 14.0. The van der Waals surface area contributed by atoms with Crippen LogP contribution in [-0.2, 0) is 13.0 Å². The molecule has 0 radical (unpaired) electrons. The largest absolute Gasteiger partial charge is 0.497 e. The summed E-state index contributed by atoms with van der Waals surface area (Å²) in [6.45, 7) is 0.863. The molecule has 1 aliphatic rings. The SMILES string of the molecule is COc1ccc(-c2n[nH]c3c2C(c2ccc(OCc4ccccc4)c(OC)c2)N(CCc2ccc(OC)c(OC)c2)C3=O)cc1. The number of rotatable bonds is 12. The van der Waals surface area contributed by atoms with E-state index in [1.54, 1.807) is 28.4 Å². The van der Waals surface area contributed by atoms with Gasteiger partial charge in [-0.2, -0.15) is 5.10 Å². The molecular weight excluding hydrogens is 570 g/mol. The van der Waals surface area contributed by atoms with Crippen LogP contribution in [0.1, 0.15) is 38.8 Å². The number of H-pyrrole nitrogens is 1. The van der Waals surface area contributed by atoms with E-state index in [0.29, 0.717) is 54.0 Å². The maximum absolute atomic E-state index is 14.0. The summed E-state index contributed by atoms with van der Waals surface area (Å²) in [4.78, 5) is 15.9. The Bertz CT molecular complexity index is 1790. The van der Waals surface area contributed by atoms with Crippen LogP contribution in [0.25, 0.3) is 11.3 Å². The number of methoxy groups -OCH3 is 4. The molecule has 1 amide bonds. The minimum atomic E-state index is -0.416. The first-order valence-corrected chi connectivity index (χ1v) is 14.6. The van der Waals surface area contributed by atoms with Crippen LogP contribution in [0.2, 0.25) is 0 Å². The molecule has 1 unspecified atom stereocenters. The van der Waals surface area contributed by atoms with Crippen molar-refractivity contribution in [2.75, 3.05) is 35.0 Å². The molecule has 0 saturated heterocycles. The summed E-state index contributed by atoms with van der Waals surface area (Å²) in [5, 5.41) is 7.65. The van der Waals surface area contributed by atoms with Crippen molar-refractivity contribution in [1.29, 1.82) is 0 Å². The number of carbonyl (C=O) groups is 1. The second kappa shape index (κ2) is 13.1. The van der Waals surface area contributed by atoms with Crippen molar-refractivity contribution in [3.05, 3.63) is 119 Å². The molecule has 0 saturated carbocycles. The Morgan fingerprint density at radius 3 is 2.16 bits per heavy atom. The van der Waals surface area contributed by atoms with Gasteiger partial charge in [-0.15, -0.1) is 0 Å². The number of fused-ring (bicyclic) bond motifs is 1. The number of hydrogen-bond donors (Lipinski definition) is 1. The summed E-state index contributed by atoms with van der Waals surface area (Å²) in [6.07, 6.45) is 0.605. The van der Waals surface area contributed by atoms with Gasteiger partial charge in [0.25, 0.3) is 5.91 Å². The molecule has 9 nitrogen and oxygen atoms in total. The highest BCUT2D eigenvalue weighted by molar-refractivity contribution is 6.00. The van der Waals surface area contributed by atoms with E-state index in [0.717, 1.165) is 33.6 Å². The first kappa shape index (κ1) is 29.6. The quantitative estimate of drug-likeness (QED) is 0.174. The molecule has 0 spiro atoms. The Kier molecular flexibility index (Phi) is 8.59. The van der Waals surface area contributed by atoms with Crippen LogP contribution in [0.15, 0.2) is 91.0 Å². The molecule has 0 aliphatic carbocycles. The molecule has 9 heteroatoms. The van der Waals surface area contributed by atoms with Gasteiger partial charge in [0.05, 0.1) is 40.2 Å². The molecular formula is C36H35N3O6. The average Bonchev–Trinajstić information content (AvgIpc) is 3.64. The summed E-state index contributed by atoms with van der Waals surface area (Å²) in [6, 6.07) is 28.9. The van der Waals surface area contributed by atoms with Gasteiger partial charge in [-0.3, -0.25) is 9.89 Å². The number of hydrogen-bond acceptors (Lipinski definition) is 7. The lowest BCUT2D eigenvalue weighted by Crippen LogP contribution is -2.31. The molecule has 230 valence electrons. The zero-order valence-corrected chi connectivity index (χ0v) is 25.7. The number of aromatic amines is 1. The van der Waals surface area contributed by atoms with Gasteiger partial charge >= 0.3 is 0 Å². The van der Waals surface area contributed by atoms with Gasteiger partial charge in [0.15, 0.2) is 23.0 Å². The average molecular weight is 606 g/mol. The van der Waals surface area contributed by atoms with E-state index in [1.807, 2.05) is 95.9 Å². The molecule has 5 aromatic rings. The maximum Gasteiger partial charge on any atom is 0.273 e. The molecule has 1 atom stereocenters. The molecule has 4 aromatic carbocycles. The third kappa shape index (κ3) is 5.89. The van der Waals surface area contributed by atoms with E-state index in [-0.39, 0.29) is 5.91 Å². The van der Waals surface area contributed by atoms with Crippen LogP contribution < -0.4 is 23.7 Å². The lowest BCUT2D eigenvalue weighted by Gasteiger charge is -2.27. The fourth-order valence-corrected chi connectivity index (χ4v) is 5.74. The van der Waals surface area contributed by atoms with Crippen LogP contribution in [0, 0.1) is 0 Å². The third-order valence-electron chi connectivity index (χ3n) is 8.06.